The maximum atomic E-state index is 13.9. The Labute approximate surface area is 123 Å². The molecule has 0 heterocycles. The number of hydrogen-bond donors (Lipinski definition) is 1. The van der Waals surface area contributed by atoms with Gasteiger partial charge in [-0.1, -0.05) is 24.3 Å². The van der Waals surface area contributed by atoms with Crippen LogP contribution >= 0.6 is 0 Å². The van der Waals surface area contributed by atoms with Crippen LogP contribution in [0.1, 0.15) is 28.4 Å². The summed E-state index contributed by atoms with van der Waals surface area (Å²) in [5, 5.41) is 2.72. The van der Waals surface area contributed by atoms with Gasteiger partial charge in [-0.3, -0.25) is 4.79 Å². The fraction of sp³-hybridized carbons (Fsp3) is 0.235. The highest BCUT2D eigenvalue weighted by Crippen LogP contribution is 2.14. The molecule has 4 heteroatoms. The predicted octanol–water partition coefficient (Wildman–Crippen LogP) is 3.46. The van der Waals surface area contributed by atoms with E-state index in [-0.39, 0.29) is 5.56 Å². The number of rotatable bonds is 5. The van der Waals surface area contributed by atoms with Gasteiger partial charge < -0.3 is 10.1 Å². The second-order valence-electron chi connectivity index (χ2n) is 4.70. The number of halogens is 1. The highest BCUT2D eigenvalue weighted by molar-refractivity contribution is 5.94. The van der Waals surface area contributed by atoms with Crippen molar-refractivity contribution in [2.24, 2.45) is 0 Å². The molecule has 0 aliphatic rings. The number of carbonyl (C=O) groups excluding carboxylic acids is 1. The van der Waals surface area contributed by atoms with Crippen molar-refractivity contribution in [2.75, 3.05) is 6.61 Å². The molecule has 21 heavy (non-hydrogen) atoms. The lowest BCUT2D eigenvalue weighted by atomic mass is 10.1. The molecule has 2 aromatic rings. The summed E-state index contributed by atoms with van der Waals surface area (Å²) in [6.07, 6.45) is 0. The third-order valence-electron chi connectivity index (χ3n) is 3.10. The Morgan fingerprint density at radius 2 is 2.00 bits per heavy atom. The first-order valence-corrected chi connectivity index (χ1v) is 6.87. The number of aryl methyl sites for hydroxylation is 1. The number of ether oxygens (including phenoxy) is 1. The highest BCUT2D eigenvalue weighted by atomic mass is 19.1. The first-order valence-electron chi connectivity index (χ1n) is 6.87. The van der Waals surface area contributed by atoms with E-state index in [9.17, 15) is 9.18 Å². The quantitative estimate of drug-likeness (QED) is 0.914. The van der Waals surface area contributed by atoms with E-state index in [1.54, 1.807) is 19.1 Å². The molecule has 0 saturated carbocycles. The highest BCUT2D eigenvalue weighted by Gasteiger charge is 2.12. The molecule has 0 aliphatic carbocycles. The molecule has 3 nitrogen and oxygen atoms in total. The van der Waals surface area contributed by atoms with Crippen molar-refractivity contribution in [3.05, 3.63) is 65.0 Å². The van der Waals surface area contributed by atoms with Crippen molar-refractivity contribution < 1.29 is 13.9 Å². The van der Waals surface area contributed by atoms with Gasteiger partial charge in [-0.05, 0) is 43.2 Å². The van der Waals surface area contributed by atoms with Crippen LogP contribution in [-0.2, 0) is 6.54 Å². The van der Waals surface area contributed by atoms with Gasteiger partial charge >= 0.3 is 0 Å². The normalized spacial score (nSPS) is 10.2. The summed E-state index contributed by atoms with van der Waals surface area (Å²) >= 11 is 0. The summed E-state index contributed by atoms with van der Waals surface area (Å²) in [5.74, 6) is -0.137. The molecule has 0 aliphatic heterocycles. The van der Waals surface area contributed by atoms with Crippen LogP contribution in [-0.4, -0.2) is 12.5 Å². The van der Waals surface area contributed by atoms with Gasteiger partial charge in [0.05, 0.1) is 12.2 Å². The summed E-state index contributed by atoms with van der Waals surface area (Å²) in [6.45, 7) is 4.46. The maximum Gasteiger partial charge on any atom is 0.254 e. The first-order chi connectivity index (χ1) is 10.1. The average Bonchev–Trinajstić information content (AvgIpc) is 2.48. The molecule has 0 fully saturated rings. The van der Waals surface area contributed by atoms with Crippen LogP contribution in [0.3, 0.4) is 0 Å². The second-order valence-corrected chi connectivity index (χ2v) is 4.70. The van der Waals surface area contributed by atoms with Crippen LogP contribution in [0.4, 0.5) is 4.39 Å². The molecule has 1 N–H and O–H groups in total. The number of hydrogen-bond acceptors (Lipinski definition) is 2. The lowest BCUT2D eigenvalue weighted by Gasteiger charge is -2.09. The van der Waals surface area contributed by atoms with E-state index < -0.39 is 11.7 Å². The first kappa shape index (κ1) is 15.0. The number of nitrogens with one attached hydrogen (secondary N) is 1. The fourth-order valence-corrected chi connectivity index (χ4v) is 2.01. The number of amides is 1. The van der Waals surface area contributed by atoms with Crippen LogP contribution in [0, 0.1) is 12.7 Å². The largest absolute Gasteiger partial charge is 0.494 e. The van der Waals surface area contributed by atoms with Gasteiger partial charge in [0, 0.05) is 6.54 Å². The third-order valence-corrected chi connectivity index (χ3v) is 3.10. The molecule has 2 aromatic carbocycles. The van der Waals surface area contributed by atoms with E-state index in [0.29, 0.717) is 18.7 Å². The van der Waals surface area contributed by atoms with Gasteiger partial charge in [0.1, 0.15) is 11.6 Å². The van der Waals surface area contributed by atoms with Crippen molar-refractivity contribution in [1.29, 1.82) is 0 Å². The van der Waals surface area contributed by atoms with Gasteiger partial charge in [0.15, 0.2) is 0 Å². The van der Waals surface area contributed by atoms with Crippen LogP contribution in [0.2, 0.25) is 0 Å². The monoisotopic (exact) mass is 287 g/mol. The molecular weight excluding hydrogens is 269 g/mol. The van der Waals surface area contributed by atoms with Crippen molar-refractivity contribution in [3.8, 4) is 5.75 Å². The zero-order chi connectivity index (χ0) is 15.2. The van der Waals surface area contributed by atoms with Crippen molar-refractivity contribution >= 4 is 5.91 Å². The summed E-state index contributed by atoms with van der Waals surface area (Å²) in [5.41, 5.74) is 1.43. The molecule has 110 valence electrons. The SMILES string of the molecule is CCOc1cccc(CNC(=O)c2cccc(C)c2F)c1. The lowest BCUT2D eigenvalue weighted by molar-refractivity contribution is 0.0946. The zero-order valence-corrected chi connectivity index (χ0v) is 12.2. The Balaban J connectivity index is 2.04. The van der Waals surface area contributed by atoms with E-state index in [1.165, 1.54) is 6.07 Å². The predicted molar refractivity (Wildman–Crippen MR) is 79.9 cm³/mol. The minimum Gasteiger partial charge on any atom is -0.494 e. The van der Waals surface area contributed by atoms with Gasteiger partial charge in [-0.15, -0.1) is 0 Å². The smallest absolute Gasteiger partial charge is 0.254 e. The Morgan fingerprint density at radius 1 is 1.24 bits per heavy atom. The molecule has 0 bridgehead atoms. The third kappa shape index (κ3) is 3.81. The van der Waals surface area contributed by atoms with Gasteiger partial charge in [-0.2, -0.15) is 0 Å². The Bertz CT molecular complexity index is 640. The standard InChI is InChI=1S/C17H18FNO2/c1-3-21-14-8-5-7-13(10-14)11-19-17(20)15-9-4-6-12(2)16(15)18/h4-10H,3,11H2,1-2H3,(H,19,20). The van der Waals surface area contributed by atoms with Crippen molar-refractivity contribution in [1.82, 2.24) is 5.32 Å². The molecule has 0 atom stereocenters. The van der Waals surface area contributed by atoms with Gasteiger partial charge in [-0.25, -0.2) is 4.39 Å². The van der Waals surface area contributed by atoms with E-state index in [0.717, 1.165) is 11.3 Å². The molecule has 1 amide bonds. The molecule has 2 rings (SSSR count). The maximum absolute atomic E-state index is 13.9. The minimum absolute atomic E-state index is 0.0657. The average molecular weight is 287 g/mol. The van der Waals surface area contributed by atoms with Crippen LogP contribution in [0.15, 0.2) is 42.5 Å². The second kappa shape index (κ2) is 6.88. The Kier molecular flexibility index (Phi) is 4.93. The number of carbonyl (C=O) groups is 1. The minimum atomic E-state index is -0.474. The van der Waals surface area contributed by atoms with E-state index in [1.807, 2.05) is 31.2 Å². The van der Waals surface area contributed by atoms with E-state index >= 15 is 0 Å². The Morgan fingerprint density at radius 3 is 2.76 bits per heavy atom. The fourth-order valence-electron chi connectivity index (χ4n) is 2.01. The topological polar surface area (TPSA) is 38.3 Å². The summed E-state index contributed by atoms with van der Waals surface area (Å²) in [6, 6.07) is 12.2. The molecule has 0 unspecified atom stereocenters. The van der Waals surface area contributed by atoms with Gasteiger partial charge in [0.2, 0.25) is 0 Å². The van der Waals surface area contributed by atoms with E-state index in [2.05, 4.69) is 5.32 Å². The zero-order valence-electron chi connectivity index (χ0n) is 12.2. The summed E-state index contributed by atoms with van der Waals surface area (Å²) < 4.78 is 19.3. The molecule has 0 saturated heterocycles. The number of benzene rings is 2. The molecule has 0 aromatic heterocycles. The summed E-state index contributed by atoms with van der Waals surface area (Å²) in [4.78, 5) is 12.0. The Hall–Kier alpha value is -2.36. The van der Waals surface area contributed by atoms with Crippen molar-refractivity contribution in [3.63, 3.8) is 0 Å². The lowest BCUT2D eigenvalue weighted by Crippen LogP contribution is -2.24. The molecular formula is C17H18FNO2. The van der Waals surface area contributed by atoms with Crippen LogP contribution in [0.25, 0.3) is 0 Å². The van der Waals surface area contributed by atoms with Gasteiger partial charge in [0.25, 0.3) is 5.91 Å². The molecule has 0 radical (unpaired) electrons. The van der Waals surface area contributed by atoms with E-state index in [4.69, 9.17) is 4.74 Å². The van der Waals surface area contributed by atoms with Crippen molar-refractivity contribution in [2.45, 2.75) is 20.4 Å². The van der Waals surface area contributed by atoms with Crippen LogP contribution < -0.4 is 10.1 Å². The van der Waals surface area contributed by atoms with Crippen LogP contribution in [0.5, 0.6) is 5.75 Å². The molecule has 0 spiro atoms. The summed E-state index contributed by atoms with van der Waals surface area (Å²) in [7, 11) is 0.